The van der Waals surface area contributed by atoms with Crippen molar-refractivity contribution in [3.8, 4) is 5.75 Å². The van der Waals surface area contributed by atoms with E-state index in [-0.39, 0.29) is 22.3 Å². The molecule has 0 radical (unpaired) electrons. The molecule has 0 bridgehead atoms. The molecule has 116 valence electrons. The first-order chi connectivity index (χ1) is 10.3. The van der Waals surface area contributed by atoms with E-state index < -0.39 is 15.7 Å². The van der Waals surface area contributed by atoms with Gasteiger partial charge < -0.3 is 10.4 Å². The normalized spacial score (nSPS) is 12.6. The Morgan fingerprint density at radius 1 is 1.09 bits per heavy atom. The van der Waals surface area contributed by atoms with E-state index in [2.05, 4.69) is 5.32 Å². The van der Waals surface area contributed by atoms with Gasteiger partial charge in [-0.15, -0.1) is 0 Å². The number of rotatable bonds is 4. The molecule has 0 heterocycles. The Hall–Kier alpha value is -2.34. The number of para-hydroxylation sites is 1. The van der Waals surface area contributed by atoms with E-state index in [0.717, 1.165) is 11.8 Å². The molecule has 2 aromatic rings. The molecule has 0 saturated heterocycles. The predicted molar refractivity (Wildman–Crippen MR) is 83.5 cm³/mol. The topological polar surface area (TPSA) is 83.5 Å². The number of hydrogen-bond donors (Lipinski definition) is 2. The summed E-state index contributed by atoms with van der Waals surface area (Å²) >= 11 is 0. The summed E-state index contributed by atoms with van der Waals surface area (Å²) in [5.41, 5.74) is 0.971. The number of benzene rings is 2. The smallest absolute Gasteiger partial charge is 0.255 e. The first-order valence-corrected chi connectivity index (χ1v) is 8.57. The van der Waals surface area contributed by atoms with Gasteiger partial charge in [0.2, 0.25) is 0 Å². The van der Waals surface area contributed by atoms with Crippen molar-refractivity contribution in [2.75, 3.05) is 6.26 Å². The Labute approximate surface area is 129 Å². The van der Waals surface area contributed by atoms with Gasteiger partial charge in [0.05, 0.1) is 16.5 Å². The summed E-state index contributed by atoms with van der Waals surface area (Å²) in [6, 6.07) is 12.3. The summed E-state index contributed by atoms with van der Waals surface area (Å²) in [7, 11) is -3.24. The van der Waals surface area contributed by atoms with Crippen LogP contribution in [0.2, 0.25) is 0 Å². The third kappa shape index (κ3) is 3.65. The van der Waals surface area contributed by atoms with Crippen molar-refractivity contribution in [2.24, 2.45) is 0 Å². The van der Waals surface area contributed by atoms with Crippen LogP contribution in [0.5, 0.6) is 5.75 Å². The molecule has 0 aliphatic carbocycles. The fourth-order valence-corrected chi connectivity index (χ4v) is 2.66. The van der Waals surface area contributed by atoms with Crippen LogP contribution >= 0.6 is 0 Å². The van der Waals surface area contributed by atoms with Crippen LogP contribution in [0.1, 0.15) is 28.9 Å². The number of carbonyl (C=O) groups excluding carboxylic acids is 1. The third-order valence-corrected chi connectivity index (χ3v) is 4.43. The Bertz CT molecular complexity index is 782. The number of carbonyl (C=O) groups is 1. The van der Waals surface area contributed by atoms with Gasteiger partial charge in [0.25, 0.3) is 5.91 Å². The zero-order valence-electron chi connectivity index (χ0n) is 12.3. The number of sulfone groups is 1. The molecule has 0 unspecified atom stereocenters. The summed E-state index contributed by atoms with van der Waals surface area (Å²) in [4.78, 5) is 12.3. The van der Waals surface area contributed by atoms with E-state index >= 15 is 0 Å². The molecule has 0 spiro atoms. The van der Waals surface area contributed by atoms with Crippen molar-refractivity contribution in [1.29, 1.82) is 0 Å². The van der Waals surface area contributed by atoms with Gasteiger partial charge in [-0.05, 0) is 36.8 Å². The highest BCUT2D eigenvalue weighted by Gasteiger charge is 2.15. The average molecular weight is 319 g/mol. The number of amides is 1. The molecule has 2 N–H and O–H groups in total. The zero-order valence-corrected chi connectivity index (χ0v) is 13.1. The molecule has 2 aromatic carbocycles. The van der Waals surface area contributed by atoms with Crippen molar-refractivity contribution >= 4 is 15.7 Å². The van der Waals surface area contributed by atoms with Crippen molar-refractivity contribution in [3.05, 3.63) is 59.7 Å². The largest absolute Gasteiger partial charge is 0.507 e. The molecule has 6 heteroatoms. The van der Waals surface area contributed by atoms with Gasteiger partial charge in [-0.25, -0.2) is 8.42 Å². The lowest BCUT2D eigenvalue weighted by Crippen LogP contribution is -2.26. The summed E-state index contributed by atoms with van der Waals surface area (Å²) in [6.07, 6.45) is 1.14. The molecule has 2 rings (SSSR count). The number of hydrogen-bond acceptors (Lipinski definition) is 4. The van der Waals surface area contributed by atoms with Crippen LogP contribution in [0.3, 0.4) is 0 Å². The van der Waals surface area contributed by atoms with Gasteiger partial charge in [0.1, 0.15) is 5.75 Å². The van der Waals surface area contributed by atoms with Crippen molar-refractivity contribution in [3.63, 3.8) is 0 Å². The number of phenolic OH excluding ortho intramolecular Hbond substituents is 1. The van der Waals surface area contributed by atoms with Gasteiger partial charge >= 0.3 is 0 Å². The molecule has 0 aliphatic rings. The monoisotopic (exact) mass is 319 g/mol. The van der Waals surface area contributed by atoms with E-state index in [1.54, 1.807) is 31.2 Å². The van der Waals surface area contributed by atoms with Crippen LogP contribution in [-0.2, 0) is 9.84 Å². The standard InChI is InChI=1S/C16H17NO4S/c1-11(12-7-9-13(10-8-12)22(2,20)21)17-16(19)14-5-3-4-6-15(14)18/h3-11,18H,1-2H3,(H,17,19)/t11-/m1/s1. The van der Waals surface area contributed by atoms with E-state index in [1.807, 2.05) is 0 Å². The quantitative estimate of drug-likeness (QED) is 0.905. The summed E-state index contributed by atoms with van der Waals surface area (Å²) in [6.45, 7) is 1.79. The molecule has 1 amide bonds. The molecule has 0 aliphatic heterocycles. The van der Waals surface area contributed by atoms with Crippen LogP contribution in [-0.4, -0.2) is 25.7 Å². The minimum Gasteiger partial charge on any atom is -0.507 e. The minimum absolute atomic E-state index is 0.0837. The zero-order chi connectivity index (χ0) is 16.3. The van der Waals surface area contributed by atoms with Crippen LogP contribution in [0.4, 0.5) is 0 Å². The molecule has 5 nitrogen and oxygen atoms in total. The lowest BCUT2D eigenvalue weighted by molar-refractivity contribution is 0.0937. The molecule has 1 atom stereocenters. The molecular weight excluding hydrogens is 302 g/mol. The highest BCUT2D eigenvalue weighted by atomic mass is 32.2. The maximum absolute atomic E-state index is 12.1. The maximum Gasteiger partial charge on any atom is 0.255 e. The second-order valence-electron chi connectivity index (χ2n) is 5.05. The number of nitrogens with one attached hydrogen (secondary N) is 1. The van der Waals surface area contributed by atoms with Gasteiger partial charge in [-0.2, -0.15) is 0 Å². The fraction of sp³-hybridized carbons (Fsp3) is 0.188. The van der Waals surface area contributed by atoms with Crippen molar-refractivity contribution in [1.82, 2.24) is 5.32 Å². The molecular formula is C16H17NO4S. The van der Waals surface area contributed by atoms with E-state index in [9.17, 15) is 18.3 Å². The number of phenols is 1. The lowest BCUT2D eigenvalue weighted by atomic mass is 10.1. The Kier molecular flexibility index (Phi) is 4.51. The van der Waals surface area contributed by atoms with Crippen molar-refractivity contribution < 1.29 is 18.3 Å². The Balaban J connectivity index is 2.14. The first kappa shape index (κ1) is 16.0. The Morgan fingerprint density at radius 3 is 2.23 bits per heavy atom. The summed E-state index contributed by atoms with van der Waals surface area (Å²) < 4.78 is 22.8. The highest BCUT2D eigenvalue weighted by Crippen LogP contribution is 2.19. The average Bonchev–Trinajstić information content (AvgIpc) is 2.46. The first-order valence-electron chi connectivity index (χ1n) is 6.68. The van der Waals surface area contributed by atoms with Gasteiger partial charge in [-0.1, -0.05) is 24.3 Å². The maximum atomic E-state index is 12.1. The van der Waals surface area contributed by atoms with E-state index in [0.29, 0.717) is 0 Å². The molecule has 0 fully saturated rings. The molecule has 22 heavy (non-hydrogen) atoms. The summed E-state index contributed by atoms with van der Waals surface area (Å²) in [5.74, 6) is -0.475. The van der Waals surface area contributed by atoms with E-state index in [4.69, 9.17) is 0 Å². The molecule has 0 aromatic heterocycles. The molecule has 0 saturated carbocycles. The summed E-state index contributed by atoms with van der Waals surface area (Å²) in [5, 5.41) is 12.4. The van der Waals surface area contributed by atoms with Crippen LogP contribution < -0.4 is 5.32 Å². The second kappa shape index (κ2) is 6.19. The van der Waals surface area contributed by atoms with Crippen molar-refractivity contribution in [2.45, 2.75) is 17.9 Å². The number of aromatic hydroxyl groups is 1. The van der Waals surface area contributed by atoms with Gasteiger partial charge in [0, 0.05) is 6.26 Å². The highest BCUT2D eigenvalue weighted by molar-refractivity contribution is 7.90. The minimum atomic E-state index is -3.24. The SMILES string of the molecule is C[C@@H](NC(=O)c1ccccc1O)c1ccc(S(C)(=O)=O)cc1. The van der Waals surface area contributed by atoms with Crippen LogP contribution in [0.15, 0.2) is 53.4 Å². The fourth-order valence-electron chi connectivity index (χ4n) is 2.03. The van der Waals surface area contributed by atoms with Crippen LogP contribution in [0.25, 0.3) is 0 Å². The Morgan fingerprint density at radius 2 is 1.68 bits per heavy atom. The third-order valence-electron chi connectivity index (χ3n) is 3.30. The second-order valence-corrected chi connectivity index (χ2v) is 7.07. The predicted octanol–water partition coefficient (Wildman–Crippen LogP) is 2.29. The van der Waals surface area contributed by atoms with Gasteiger partial charge in [-0.3, -0.25) is 4.79 Å². The van der Waals surface area contributed by atoms with Gasteiger partial charge in [0.15, 0.2) is 9.84 Å². The van der Waals surface area contributed by atoms with E-state index in [1.165, 1.54) is 24.3 Å². The lowest BCUT2D eigenvalue weighted by Gasteiger charge is -2.15. The van der Waals surface area contributed by atoms with Crippen LogP contribution in [0, 0.1) is 0 Å².